The van der Waals surface area contributed by atoms with Gasteiger partial charge in [0.05, 0.1) is 31.4 Å². The van der Waals surface area contributed by atoms with E-state index in [9.17, 15) is 8.78 Å². The highest BCUT2D eigenvalue weighted by atomic mass is 127. The molecule has 32 heavy (non-hydrogen) atoms. The third-order valence-corrected chi connectivity index (χ3v) is 5.12. The minimum atomic E-state index is -2.94. The Morgan fingerprint density at radius 3 is 2.69 bits per heavy atom. The Bertz CT molecular complexity index is 857. The summed E-state index contributed by atoms with van der Waals surface area (Å²) >= 11 is 0. The third-order valence-electron chi connectivity index (χ3n) is 5.12. The molecule has 1 heterocycles. The van der Waals surface area contributed by atoms with Crippen LogP contribution in [0, 0.1) is 0 Å². The number of aliphatic imine (C=N–C) groups is 1. The third kappa shape index (κ3) is 7.49. The molecule has 1 aliphatic carbocycles. The number of nitrogens with zero attached hydrogens (tertiary/aromatic N) is 3. The molecule has 178 valence electrons. The van der Waals surface area contributed by atoms with Crippen molar-refractivity contribution in [2.45, 2.75) is 65.3 Å². The van der Waals surface area contributed by atoms with Crippen LogP contribution < -0.4 is 20.1 Å². The first-order valence-corrected chi connectivity index (χ1v) is 10.9. The van der Waals surface area contributed by atoms with Crippen molar-refractivity contribution >= 4 is 29.9 Å². The van der Waals surface area contributed by atoms with Gasteiger partial charge in [-0.25, -0.2) is 4.99 Å². The lowest BCUT2D eigenvalue weighted by Gasteiger charge is -2.15. The van der Waals surface area contributed by atoms with Crippen LogP contribution in [0.15, 0.2) is 35.5 Å². The van der Waals surface area contributed by atoms with Crippen molar-refractivity contribution in [3.8, 4) is 11.5 Å². The maximum atomic E-state index is 12.9. The van der Waals surface area contributed by atoms with E-state index in [0.29, 0.717) is 37.3 Å². The Labute approximate surface area is 205 Å². The Hall–Kier alpha value is -2.11. The number of aromatic nitrogens is 2. The fraction of sp³-hybridized carbons (Fsp3) is 0.545. The van der Waals surface area contributed by atoms with Crippen LogP contribution in [0.4, 0.5) is 8.78 Å². The van der Waals surface area contributed by atoms with E-state index in [1.165, 1.54) is 25.7 Å². The van der Waals surface area contributed by atoms with Crippen molar-refractivity contribution in [2.24, 2.45) is 4.99 Å². The zero-order valence-electron chi connectivity index (χ0n) is 18.5. The van der Waals surface area contributed by atoms with Crippen molar-refractivity contribution in [3.63, 3.8) is 0 Å². The molecule has 0 radical (unpaired) electrons. The molecule has 7 nitrogen and oxygen atoms in total. The molecular formula is C22H32F2IN5O2. The topological polar surface area (TPSA) is 72.7 Å². The molecule has 0 saturated heterocycles. The van der Waals surface area contributed by atoms with Crippen LogP contribution in [-0.4, -0.2) is 35.5 Å². The molecule has 1 fully saturated rings. The van der Waals surface area contributed by atoms with Gasteiger partial charge in [-0.15, -0.1) is 24.0 Å². The maximum absolute atomic E-state index is 12.9. The first kappa shape index (κ1) is 26.1. The van der Waals surface area contributed by atoms with E-state index in [1.807, 2.05) is 19.2 Å². The first-order valence-electron chi connectivity index (χ1n) is 10.9. The van der Waals surface area contributed by atoms with E-state index in [4.69, 9.17) is 9.47 Å². The smallest absolute Gasteiger partial charge is 0.387 e. The van der Waals surface area contributed by atoms with Gasteiger partial charge in [0.1, 0.15) is 0 Å². The number of para-hydroxylation sites is 1. The molecule has 10 heteroatoms. The van der Waals surface area contributed by atoms with Crippen molar-refractivity contribution in [3.05, 3.63) is 41.7 Å². The van der Waals surface area contributed by atoms with Crippen LogP contribution in [0.5, 0.6) is 11.5 Å². The van der Waals surface area contributed by atoms with E-state index in [2.05, 4.69) is 25.4 Å². The Balaban J connectivity index is 0.00000363. The highest BCUT2D eigenvalue weighted by Crippen LogP contribution is 2.33. The van der Waals surface area contributed by atoms with Crippen LogP contribution in [0.1, 0.15) is 56.8 Å². The number of ether oxygens (including phenoxy) is 2. The highest BCUT2D eigenvalue weighted by molar-refractivity contribution is 14.0. The number of halogens is 3. The number of hydrogen-bond donors (Lipinski definition) is 2. The summed E-state index contributed by atoms with van der Waals surface area (Å²) in [6, 6.07) is 7.57. The van der Waals surface area contributed by atoms with Crippen LogP contribution >= 0.6 is 24.0 Å². The molecule has 0 spiro atoms. The number of guanidine groups is 1. The van der Waals surface area contributed by atoms with E-state index in [0.717, 1.165) is 5.69 Å². The summed E-state index contributed by atoms with van der Waals surface area (Å²) in [5, 5.41) is 11.1. The molecule has 2 N–H and O–H groups in total. The zero-order chi connectivity index (χ0) is 22.1. The largest absolute Gasteiger partial charge is 0.490 e. The van der Waals surface area contributed by atoms with Gasteiger partial charge in [0, 0.05) is 18.3 Å². The molecule has 0 amide bonds. The molecular weight excluding hydrogens is 531 g/mol. The van der Waals surface area contributed by atoms with E-state index < -0.39 is 6.61 Å². The van der Waals surface area contributed by atoms with Gasteiger partial charge in [-0.3, -0.25) is 4.68 Å². The first-order chi connectivity index (χ1) is 15.1. The quantitative estimate of drug-likeness (QED) is 0.245. The summed E-state index contributed by atoms with van der Waals surface area (Å²) < 4.78 is 38.0. The molecule has 1 aromatic heterocycles. The predicted molar refractivity (Wildman–Crippen MR) is 131 cm³/mol. The van der Waals surface area contributed by atoms with Gasteiger partial charge in [0.25, 0.3) is 0 Å². The summed E-state index contributed by atoms with van der Waals surface area (Å²) in [7, 11) is 0. The fourth-order valence-electron chi connectivity index (χ4n) is 3.70. The number of alkyl halides is 2. The van der Waals surface area contributed by atoms with Gasteiger partial charge in [-0.1, -0.05) is 25.0 Å². The molecule has 0 atom stereocenters. The van der Waals surface area contributed by atoms with Crippen molar-refractivity contribution in [1.82, 2.24) is 20.4 Å². The van der Waals surface area contributed by atoms with Crippen LogP contribution in [0.3, 0.4) is 0 Å². The molecule has 3 rings (SSSR count). The zero-order valence-corrected chi connectivity index (χ0v) is 20.9. The minimum Gasteiger partial charge on any atom is -0.490 e. The standard InChI is InChI=1S/C22H31F2N5O2.HI/c1-3-25-22(27-15-17-12-13-29(28-17)18-9-5-6-10-18)26-14-16-8-7-11-19(30-4-2)20(16)31-21(23)24;/h7-8,11-13,18,21H,3-6,9-10,14-15H2,1-2H3,(H2,25,26,27);1H. The Morgan fingerprint density at radius 2 is 2.00 bits per heavy atom. The summed E-state index contributed by atoms with van der Waals surface area (Å²) in [5.41, 5.74) is 1.45. The van der Waals surface area contributed by atoms with Crippen LogP contribution in [0.25, 0.3) is 0 Å². The molecule has 0 bridgehead atoms. The predicted octanol–water partition coefficient (Wildman–Crippen LogP) is 4.87. The van der Waals surface area contributed by atoms with E-state index in [1.54, 1.807) is 25.1 Å². The van der Waals surface area contributed by atoms with E-state index in [-0.39, 0.29) is 42.0 Å². The average Bonchev–Trinajstić information content (AvgIpc) is 3.43. The summed E-state index contributed by atoms with van der Waals surface area (Å²) in [5.74, 6) is 0.878. The molecule has 1 saturated carbocycles. The number of rotatable bonds is 10. The second-order valence-electron chi connectivity index (χ2n) is 7.33. The van der Waals surface area contributed by atoms with Crippen LogP contribution in [-0.2, 0) is 13.1 Å². The maximum Gasteiger partial charge on any atom is 0.387 e. The number of benzene rings is 1. The van der Waals surface area contributed by atoms with Gasteiger partial charge < -0.3 is 20.1 Å². The Kier molecular flexibility index (Phi) is 11.0. The number of hydrogen-bond acceptors (Lipinski definition) is 4. The lowest BCUT2D eigenvalue weighted by Crippen LogP contribution is -2.37. The van der Waals surface area contributed by atoms with Gasteiger partial charge in [0.15, 0.2) is 17.5 Å². The summed E-state index contributed by atoms with van der Waals surface area (Å²) in [4.78, 5) is 4.53. The second kappa shape index (κ2) is 13.4. The Morgan fingerprint density at radius 1 is 1.22 bits per heavy atom. The summed E-state index contributed by atoms with van der Waals surface area (Å²) in [6.07, 6.45) is 6.92. The fourth-order valence-corrected chi connectivity index (χ4v) is 3.70. The molecule has 1 aromatic carbocycles. The van der Waals surface area contributed by atoms with Gasteiger partial charge >= 0.3 is 6.61 Å². The molecule has 1 aliphatic rings. The number of nitrogens with one attached hydrogen (secondary N) is 2. The monoisotopic (exact) mass is 563 g/mol. The molecule has 2 aromatic rings. The van der Waals surface area contributed by atoms with Gasteiger partial charge in [0.2, 0.25) is 0 Å². The van der Waals surface area contributed by atoms with Gasteiger partial charge in [-0.2, -0.15) is 13.9 Å². The molecule has 0 aliphatic heterocycles. The van der Waals surface area contributed by atoms with Gasteiger partial charge in [-0.05, 0) is 38.8 Å². The average molecular weight is 563 g/mol. The van der Waals surface area contributed by atoms with Crippen molar-refractivity contribution in [2.75, 3.05) is 13.2 Å². The highest BCUT2D eigenvalue weighted by Gasteiger charge is 2.18. The second-order valence-corrected chi connectivity index (χ2v) is 7.33. The molecule has 0 unspecified atom stereocenters. The minimum absolute atomic E-state index is 0. The lowest BCUT2D eigenvalue weighted by atomic mass is 10.2. The van der Waals surface area contributed by atoms with Crippen LogP contribution in [0.2, 0.25) is 0 Å². The SMILES string of the molecule is CCNC(=NCc1cccc(OCC)c1OC(F)F)NCc1ccn(C2CCCC2)n1.I. The van der Waals surface area contributed by atoms with Crippen molar-refractivity contribution in [1.29, 1.82) is 0 Å². The lowest BCUT2D eigenvalue weighted by molar-refractivity contribution is -0.0520. The van der Waals surface area contributed by atoms with Crippen molar-refractivity contribution < 1.29 is 18.3 Å². The normalized spacial score (nSPS) is 14.3. The van der Waals surface area contributed by atoms with E-state index >= 15 is 0 Å². The summed E-state index contributed by atoms with van der Waals surface area (Å²) in [6.45, 7) is 2.52.